The molecule has 2 heterocycles. The van der Waals surface area contributed by atoms with Gasteiger partial charge >= 0.3 is 70.9 Å². The number of halogens is 2. The second-order valence-electron chi connectivity index (χ2n) is 13.5. The van der Waals surface area contributed by atoms with Crippen LogP contribution in [0.25, 0.3) is 10.9 Å². The number of carboxylic acid groups (broad SMARTS) is 3. The Morgan fingerprint density at radius 3 is 1.86 bits per heavy atom. The maximum absolute atomic E-state index is 11.2. The standard InChI is InChI=1S/C21H23ClN2O4.C20H20ClNO7.2Na/c1-13(23-11-18(25)14-4-2-5-16(22)9-14)8-15-10-24-21-17(15)6-3-7-19(21)28-12-20(26)27;1-11(22-10-15(23)13-3-2-4-14(21)9-13)7-12-5-6-16-17(8-12)29-20(28-16,18(24)25)19(26)27;;/h2-7,9-10,13,18,23-25H,8,11-12H2,1H3,(H,26,27);2-6,8-9,11,15,22-23H,7,10H2,1H3,(H,24,25)(H,26,27);;/q;;2*+1/p-2. The number of para-hydroxylation sites is 1. The molecule has 5 aromatic rings. The number of aromatic amines is 1. The van der Waals surface area contributed by atoms with Crippen LogP contribution in [0.5, 0.6) is 17.2 Å². The Kier molecular flexibility index (Phi) is 19.5. The molecule has 4 atom stereocenters. The summed E-state index contributed by atoms with van der Waals surface area (Å²) in [5.41, 5.74) is 4.09. The van der Waals surface area contributed by atoms with Crippen molar-refractivity contribution >= 4 is 52.0 Å². The first-order valence-corrected chi connectivity index (χ1v) is 18.6. The molecule has 0 spiro atoms. The van der Waals surface area contributed by atoms with Crippen molar-refractivity contribution in [3.63, 3.8) is 0 Å². The van der Waals surface area contributed by atoms with E-state index < -0.39 is 35.9 Å². The second kappa shape index (κ2) is 23.0. The summed E-state index contributed by atoms with van der Waals surface area (Å²) in [6.45, 7) is 4.28. The van der Waals surface area contributed by atoms with Gasteiger partial charge < -0.3 is 64.9 Å². The van der Waals surface area contributed by atoms with E-state index in [0.717, 1.165) is 34.0 Å². The Morgan fingerprint density at radius 2 is 1.32 bits per heavy atom. The number of ether oxygens (including phenoxy) is 3. The van der Waals surface area contributed by atoms with Gasteiger partial charge in [0.25, 0.3) is 0 Å². The molecule has 59 heavy (non-hydrogen) atoms. The topological polar surface area (TPSA) is 226 Å². The van der Waals surface area contributed by atoms with E-state index in [0.29, 0.717) is 40.9 Å². The summed E-state index contributed by atoms with van der Waals surface area (Å²) in [6.07, 6.45) is 1.77. The number of hydrogen-bond acceptors (Lipinski definition) is 12. The van der Waals surface area contributed by atoms with Gasteiger partial charge in [-0.15, -0.1) is 0 Å². The third-order valence-corrected chi connectivity index (χ3v) is 9.49. The third-order valence-electron chi connectivity index (χ3n) is 9.02. The smallest absolute Gasteiger partial charge is 0.542 e. The van der Waals surface area contributed by atoms with Crippen molar-refractivity contribution in [1.29, 1.82) is 0 Å². The number of aliphatic hydroxyl groups excluding tert-OH is 2. The van der Waals surface area contributed by atoms with E-state index in [9.17, 15) is 34.8 Å². The minimum atomic E-state index is -2.99. The Balaban J connectivity index is 0.000000305. The molecule has 0 bridgehead atoms. The van der Waals surface area contributed by atoms with Crippen molar-refractivity contribution in [1.82, 2.24) is 15.6 Å². The fourth-order valence-corrected chi connectivity index (χ4v) is 6.55. The van der Waals surface area contributed by atoms with Crippen LogP contribution in [0.4, 0.5) is 0 Å². The van der Waals surface area contributed by atoms with Crippen LogP contribution in [0.3, 0.4) is 0 Å². The number of carboxylic acids is 3. The maximum Gasteiger partial charge on any atom is 1.00 e. The molecule has 1 aromatic heterocycles. The SMILES string of the molecule is CC(Cc1c[nH]c2c(OCC(=O)O)cccc12)NCC(O)c1cccc(Cl)c1.CC(Cc1ccc2c(c1)OC(C(=O)[O-])(C(=O)[O-])O2)NCC(O)c1cccc(Cl)c1.[Na+].[Na+]. The summed E-state index contributed by atoms with van der Waals surface area (Å²) in [7, 11) is 0. The summed E-state index contributed by atoms with van der Waals surface area (Å²) in [4.78, 5) is 36.2. The first kappa shape index (κ1) is 50.0. The van der Waals surface area contributed by atoms with Gasteiger partial charge in [0.1, 0.15) is 17.7 Å². The molecule has 1 aliphatic heterocycles. The van der Waals surface area contributed by atoms with Gasteiger partial charge in [0, 0.05) is 46.8 Å². The van der Waals surface area contributed by atoms with Gasteiger partial charge in [0.15, 0.2) is 18.1 Å². The maximum atomic E-state index is 11.2. The van der Waals surface area contributed by atoms with Crippen LogP contribution in [-0.2, 0) is 27.2 Å². The first-order valence-electron chi connectivity index (χ1n) is 17.9. The van der Waals surface area contributed by atoms with Crippen LogP contribution >= 0.6 is 23.2 Å². The summed E-state index contributed by atoms with van der Waals surface area (Å²) >= 11 is 11.9. The molecule has 18 heteroatoms. The number of benzene rings is 4. The van der Waals surface area contributed by atoms with Gasteiger partial charge in [-0.1, -0.05) is 65.7 Å². The van der Waals surface area contributed by atoms with Gasteiger partial charge in [-0.25, -0.2) is 4.79 Å². The van der Waals surface area contributed by atoms with Gasteiger partial charge in [-0.3, -0.25) is 0 Å². The first-order chi connectivity index (χ1) is 27.1. The van der Waals surface area contributed by atoms with E-state index in [1.807, 2.05) is 44.3 Å². The zero-order valence-corrected chi connectivity index (χ0v) is 38.4. The van der Waals surface area contributed by atoms with Crippen molar-refractivity contribution in [2.75, 3.05) is 19.7 Å². The molecule has 6 N–H and O–H groups in total. The molecule has 1 aliphatic rings. The minimum absolute atomic E-state index is 0. The molecule has 14 nitrogen and oxygen atoms in total. The molecule has 4 unspecified atom stereocenters. The molecular formula is C41H41Cl2N3Na2O11. The molecule has 0 aliphatic carbocycles. The number of nitrogens with one attached hydrogen (secondary N) is 3. The van der Waals surface area contributed by atoms with Gasteiger partial charge in [0.2, 0.25) is 0 Å². The van der Waals surface area contributed by atoms with Crippen LogP contribution in [0, 0.1) is 0 Å². The summed E-state index contributed by atoms with van der Waals surface area (Å²) in [6, 6.07) is 24.4. The molecule has 0 saturated heterocycles. The Morgan fingerprint density at radius 1 is 0.780 bits per heavy atom. The number of aromatic nitrogens is 1. The second-order valence-corrected chi connectivity index (χ2v) is 14.4. The molecular weight excluding hydrogens is 827 g/mol. The van der Waals surface area contributed by atoms with Crippen LogP contribution in [0.15, 0.2) is 91.1 Å². The molecule has 6 rings (SSSR count). The monoisotopic (exact) mass is 867 g/mol. The summed E-state index contributed by atoms with van der Waals surface area (Å²) in [5, 5.41) is 60.4. The number of aliphatic carboxylic acids is 3. The predicted octanol–water partition coefficient (Wildman–Crippen LogP) is -2.89. The molecule has 4 aromatic carbocycles. The fraction of sp³-hybridized carbons (Fsp3) is 0.293. The average molecular weight is 869 g/mol. The summed E-state index contributed by atoms with van der Waals surface area (Å²) in [5.74, 6) is -7.66. The average Bonchev–Trinajstić information content (AvgIpc) is 3.78. The van der Waals surface area contributed by atoms with Crippen LogP contribution in [-0.4, -0.2) is 75.8 Å². The largest absolute Gasteiger partial charge is 1.00 e. The molecule has 0 amide bonds. The van der Waals surface area contributed by atoms with E-state index in [1.165, 1.54) is 12.1 Å². The Hall–Kier alpha value is -3.35. The normalized spacial score (nSPS) is 14.3. The number of H-pyrrole nitrogens is 1. The van der Waals surface area contributed by atoms with E-state index in [4.69, 9.17) is 42.5 Å². The van der Waals surface area contributed by atoms with Crippen LogP contribution < -0.4 is 94.2 Å². The quantitative estimate of drug-likeness (QED) is 0.0409. The predicted molar refractivity (Wildman–Crippen MR) is 207 cm³/mol. The van der Waals surface area contributed by atoms with Crippen molar-refractivity contribution in [3.05, 3.63) is 123 Å². The molecule has 0 saturated carbocycles. The number of carbonyl (C=O) groups is 3. The zero-order valence-electron chi connectivity index (χ0n) is 32.9. The van der Waals surface area contributed by atoms with Crippen molar-refractivity contribution in [3.8, 4) is 17.2 Å². The molecule has 0 fully saturated rings. The Bertz CT molecular complexity index is 2200. The fourth-order valence-electron chi connectivity index (χ4n) is 6.15. The zero-order chi connectivity index (χ0) is 41.3. The third kappa shape index (κ3) is 13.6. The van der Waals surface area contributed by atoms with Crippen LogP contribution in [0.1, 0.15) is 48.3 Å². The van der Waals surface area contributed by atoms with E-state index >= 15 is 0 Å². The van der Waals surface area contributed by atoms with E-state index in [2.05, 4.69) is 15.6 Å². The number of hydrogen-bond donors (Lipinski definition) is 6. The number of fused-ring (bicyclic) bond motifs is 2. The van der Waals surface area contributed by atoms with Gasteiger partial charge in [-0.2, -0.15) is 0 Å². The van der Waals surface area contributed by atoms with Gasteiger partial charge in [-0.05, 0) is 91.4 Å². The van der Waals surface area contributed by atoms with Crippen molar-refractivity contribution in [2.24, 2.45) is 0 Å². The molecule has 0 radical (unpaired) electrons. The number of rotatable bonds is 17. The Labute approximate surface area is 394 Å². The van der Waals surface area contributed by atoms with Crippen molar-refractivity contribution < 1.29 is 113 Å². The number of carbonyl (C=O) groups excluding carboxylic acids is 2. The number of aliphatic hydroxyl groups is 2. The van der Waals surface area contributed by atoms with Crippen LogP contribution in [0.2, 0.25) is 10.0 Å². The van der Waals surface area contributed by atoms with E-state index in [-0.39, 0.29) is 89.3 Å². The molecule has 302 valence electrons. The summed E-state index contributed by atoms with van der Waals surface area (Å²) < 4.78 is 15.2. The van der Waals surface area contributed by atoms with E-state index in [1.54, 1.807) is 48.5 Å². The van der Waals surface area contributed by atoms with Gasteiger partial charge in [0.05, 0.1) is 17.7 Å². The van der Waals surface area contributed by atoms with Crippen molar-refractivity contribution in [2.45, 2.75) is 56.8 Å². The minimum Gasteiger partial charge on any atom is -0.542 e.